The zero-order valence-corrected chi connectivity index (χ0v) is 12.3. The molecule has 0 aliphatic carbocycles. The van der Waals surface area contributed by atoms with Gasteiger partial charge in [0.05, 0.1) is 13.2 Å². The first kappa shape index (κ1) is 15.9. The summed E-state index contributed by atoms with van der Waals surface area (Å²) in [6.45, 7) is 7.12. The molecule has 0 aliphatic heterocycles. The van der Waals surface area contributed by atoms with Crippen molar-refractivity contribution in [3.63, 3.8) is 0 Å². The molecule has 0 spiro atoms. The molecule has 20 heavy (non-hydrogen) atoms. The van der Waals surface area contributed by atoms with E-state index in [4.69, 9.17) is 9.47 Å². The second-order valence-electron chi connectivity index (χ2n) is 5.13. The molecule has 1 rings (SSSR count). The molecular formula is C14H20N2O4. The molecule has 0 N–H and O–H groups in total. The van der Waals surface area contributed by atoms with Crippen molar-refractivity contribution in [2.75, 3.05) is 6.61 Å². The maximum absolute atomic E-state index is 12.1. The molecule has 0 saturated carbocycles. The van der Waals surface area contributed by atoms with Crippen LogP contribution >= 0.6 is 0 Å². The summed E-state index contributed by atoms with van der Waals surface area (Å²) in [5.74, 6) is 0. The average Bonchev–Trinajstić information content (AvgIpc) is 2.35. The van der Waals surface area contributed by atoms with Gasteiger partial charge in [-0.25, -0.2) is 14.5 Å². The molecule has 6 heteroatoms. The van der Waals surface area contributed by atoms with Gasteiger partial charge in [-0.3, -0.25) is 4.98 Å². The zero-order chi connectivity index (χ0) is 15.2. The maximum atomic E-state index is 12.1. The molecule has 0 bridgehead atoms. The van der Waals surface area contributed by atoms with Crippen LogP contribution in [0.3, 0.4) is 0 Å². The standard InChI is InChI=1S/C14H20N2O4/c1-5-19-12(17)16(13(18)20-14(2,3)4)10-11-7-6-8-15-9-11/h6-9H,5,10H2,1-4H3. The van der Waals surface area contributed by atoms with Gasteiger partial charge in [-0.15, -0.1) is 0 Å². The highest BCUT2D eigenvalue weighted by Gasteiger charge is 2.28. The van der Waals surface area contributed by atoms with Crippen molar-refractivity contribution in [1.82, 2.24) is 9.88 Å². The Balaban J connectivity index is 2.85. The Morgan fingerprint density at radius 2 is 2.00 bits per heavy atom. The lowest BCUT2D eigenvalue weighted by Gasteiger charge is -2.25. The first-order chi connectivity index (χ1) is 9.33. The van der Waals surface area contributed by atoms with Crippen LogP contribution in [0.15, 0.2) is 24.5 Å². The van der Waals surface area contributed by atoms with Crippen molar-refractivity contribution >= 4 is 12.2 Å². The number of nitrogens with zero attached hydrogens (tertiary/aromatic N) is 2. The minimum Gasteiger partial charge on any atom is -0.449 e. The number of hydrogen-bond donors (Lipinski definition) is 0. The largest absolute Gasteiger partial charge is 0.449 e. The van der Waals surface area contributed by atoms with Crippen LogP contribution in [0.5, 0.6) is 0 Å². The molecule has 0 atom stereocenters. The highest BCUT2D eigenvalue weighted by molar-refractivity contribution is 5.87. The predicted octanol–water partition coefficient (Wildman–Crippen LogP) is 2.98. The predicted molar refractivity (Wildman–Crippen MR) is 73.0 cm³/mol. The topological polar surface area (TPSA) is 68.7 Å². The van der Waals surface area contributed by atoms with E-state index in [1.165, 1.54) is 0 Å². The van der Waals surface area contributed by atoms with E-state index in [0.29, 0.717) is 5.56 Å². The minimum atomic E-state index is -0.736. The van der Waals surface area contributed by atoms with Crippen molar-refractivity contribution in [2.24, 2.45) is 0 Å². The minimum absolute atomic E-state index is 0.0571. The Morgan fingerprint density at radius 1 is 1.30 bits per heavy atom. The van der Waals surface area contributed by atoms with Gasteiger partial charge in [0.15, 0.2) is 0 Å². The van der Waals surface area contributed by atoms with E-state index < -0.39 is 17.8 Å². The van der Waals surface area contributed by atoms with Crippen LogP contribution in [0.25, 0.3) is 0 Å². The Hall–Kier alpha value is -2.11. The summed E-state index contributed by atoms with van der Waals surface area (Å²) in [5.41, 5.74) is 0.0305. The van der Waals surface area contributed by atoms with Gasteiger partial charge in [0.2, 0.25) is 0 Å². The molecule has 0 unspecified atom stereocenters. The average molecular weight is 280 g/mol. The summed E-state index contributed by atoms with van der Waals surface area (Å²) in [4.78, 5) is 28.8. The molecule has 0 saturated heterocycles. The van der Waals surface area contributed by atoms with E-state index in [2.05, 4.69) is 4.98 Å². The van der Waals surface area contributed by atoms with Crippen molar-refractivity contribution in [2.45, 2.75) is 39.8 Å². The molecule has 1 heterocycles. The van der Waals surface area contributed by atoms with E-state index >= 15 is 0 Å². The second-order valence-corrected chi connectivity index (χ2v) is 5.13. The molecule has 0 aromatic carbocycles. The Kier molecular flexibility index (Phi) is 5.49. The van der Waals surface area contributed by atoms with Crippen LogP contribution in [0.2, 0.25) is 0 Å². The van der Waals surface area contributed by atoms with Crippen LogP contribution in [0.1, 0.15) is 33.3 Å². The fourth-order valence-corrected chi connectivity index (χ4v) is 1.40. The third kappa shape index (κ3) is 5.26. The lowest BCUT2D eigenvalue weighted by molar-refractivity contribution is 0.0210. The zero-order valence-electron chi connectivity index (χ0n) is 12.3. The van der Waals surface area contributed by atoms with Gasteiger partial charge >= 0.3 is 12.2 Å². The molecule has 110 valence electrons. The highest BCUT2D eigenvalue weighted by Crippen LogP contribution is 2.13. The number of hydrogen-bond acceptors (Lipinski definition) is 5. The van der Waals surface area contributed by atoms with Crippen LogP contribution in [-0.4, -0.2) is 34.3 Å². The van der Waals surface area contributed by atoms with Crippen LogP contribution in [-0.2, 0) is 16.0 Å². The molecule has 0 aliphatic rings. The summed E-state index contributed by atoms with van der Waals surface area (Å²) >= 11 is 0. The summed E-state index contributed by atoms with van der Waals surface area (Å²) in [7, 11) is 0. The summed E-state index contributed by atoms with van der Waals surface area (Å²) in [6.07, 6.45) is 1.73. The molecule has 1 aromatic heterocycles. The Bertz CT molecular complexity index is 454. The monoisotopic (exact) mass is 280 g/mol. The molecule has 0 fully saturated rings. The van der Waals surface area contributed by atoms with E-state index in [1.54, 1.807) is 52.2 Å². The number of ether oxygens (including phenoxy) is 2. The van der Waals surface area contributed by atoms with Gasteiger partial charge < -0.3 is 9.47 Å². The van der Waals surface area contributed by atoms with Crippen LogP contribution < -0.4 is 0 Å². The number of aromatic nitrogens is 1. The maximum Gasteiger partial charge on any atom is 0.420 e. The fraction of sp³-hybridized carbons (Fsp3) is 0.500. The molecule has 6 nitrogen and oxygen atoms in total. The van der Waals surface area contributed by atoms with E-state index in [0.717, 1.165) is 4.90 Å². The fourth-order valence-electron chi connectivity index (χ4n) is 1.40. The number of pyridine rings is 1. The van der Waals surface area contributed by atoms with Gasteiger partial charge in [-0.05, 0) is 39.3 Å². The van der Waals surface area contributed by atoms with E-state index in [-0.39, 0.29) is 13.2 Å². The van der Waals surface area contributed by atoms with Crippen LogP contribution in [0.4, 0.5) is 9.59 Å². The lowest BCUT2D eigenvalue weighted by atomic mass is 10.2. The summed E-state index contributed by atoms with van der Waals surface area (Å²) < 4.78 is 10.1. The summed E-state index contributed by atoms with van der Waals surface area (Å²) in [6, 6.07) is 3.50. The number of imide groups is 1. The van der Waals surface area contributed by atoms with E-state index in [9.17, 15) is 9.59 Å². The van der Waals surface area contributed by atoms with Gasteiger partial charge in [0, 0.05) is 12.4 Å². The van der Waals surface area contributed by atoms with Gasteiger partial charge in [-0.2, -0.15) is 0 Å². The van der Waals surface area contributed by atoms with Crippen molar-refractivity contribution in [3.05, 3.63) is 30.1 Å². The number of carbonyl (C=O) groups excluding carboxylic acids is 2. The normalized spacial score (nSPS) is 10.8. The van der Waals surface area contributed by atoms with Gasteiger partial charge in [0.1, 0.15) is 5.60 Å². The van der Waals surface area contributed by atoms with Crippen molar-refractivity contribution < 1.29 is 19.1 Å². The third-order valence-corrected chi connectivity index (χ3v) is 2.17. The molecule has 2 amide bonds. The first-order valence-electron chi connectivity index (χ1n) is 6.39. The van der Waals surface area contributed by atoms with Gasteiger partial charge in [0.25, 0.3) is 0 Å². The molecular weight excluding hydrogens is 260 g/mol. The van der Waals surface area contributed by atoms with Crippen LogP contribution in [0, 0.1) is 0 Å². The first-order valence-corrected chi connectivity index (χ1v) is 6.39. The van der Waals surface area contributed by atoms with Gasteiger partial charge in [-0.1, -0.05) is 6.07 Å². The lowest BCUT2D eigenvalue weighted by Crippen LogP contribution is -2.40. The number of carbonyl (C=O) groups is 2. The third-order valence-electron chi connectivity index (χ3n) is 2.17. The van der Waals surface area contributed by atoms with E-state index in [1.807, 2.05) is 0 Å². The SMILES string of the molecule is CCOC(=O)N(Cc1cccnc1)C(=O)OC(C)(C)C. The number of rotatable bonds is 3. The number of amides is 2. The smallest absolute Gasteiger partial charge is 0.420 e. The Morgan fingerprint density at radius 3 is 2.50 bits per heavy atom. The van der Waals surface area contributed by atoms with Crippen molar-refractivity contribution in [3.8, 4) is 0 Å². The second kappa shape index (κ2) is 6.88. The Labute approximate surface area is 118 Å². The summed E-state index contributed by atoms with van der Waals surface area (Å²) in [5, 5.41) is 0. The molecule has 1 aromatic rings. The molecule has 0 radical (unpaired) electrons. The van der Waals surface area contributed by atoms with Crippen molar-refractivity contribution in [1.29, 1.82) is 0 Å². The highest BCUT2D eigenvalue weighted by atomic mass is 16.6. The quantitative estimate of drug-likeness (QED) is 0.851.